The van der Waals surface area contributed by atoms with Crippen molar-refractivity contribution in [3.05, 3.63) is 17.7 Å². The van der Waals surface area contributed by atoms with E-state index in [1.165, 1.54) is 0 Å². The monoisotopic (exact) mass is 196 g/mol. The maximum Gasteiger partial charge on any atom is 0.203 e. The Bertz CT molecular complexity index is 281. The second kappa shape index (κ2) is 4.72. The van der Waals surface area contributed by atoms with Gasteiger partial charge in [0.05, 0.1) is 21.3 Å². The van der Waals surface area contributed by atoms with Gasteiger partial charge in [-0.15, -0.1) is 0 Å². The molecule has 0 atom stereocenters. The van der Waals surface area contributed by atoms with Gasteiger partial charge in [0.2, 0.25) is 5.75 Å². The molecule has 0 aliphatic heterocycles. The molecule has 0 fully saturated rings. The van der Waals surface area contributed by atoms with Crippen molar-refractivity contribution in [3.8, 4) is 17.2 Å². The molecule has 1 rings (SSSR count). The van der Waals surface area contributed by atoms with Crippen molar-refractivity contribution in [2.75, 3.05) is 21.3 Å². The number of ether oxygens (including phenoxy) is 3. The molecule has 4 heteroatoms. The Morgan fingerprint density at radius 3 is 2.07 bits per heavy atom. The summed E-state index contributed by atoms with van der Waals surface area (Å²) in [6.07, 6.45) is 0. The lowest BCUT2D eigenvalue weighted by molar-refractivity contribution is 0.322. The Morgan fingerprint density at radius 2 is 1.64 bits per heavy atom. The Morgan fingerprint density at radius 1 is 1.00 bits per heavy atom. The molecule has 0 amide bonds. The van der Waals surface area contributed by atoms with E-state index in [1.54, 1.807) is 33.5 Å². The summed E-state index contributed by atoms with van der Waals surface area (Å²) < 4.78 is 15.5. The summed E-state index contributed by atoms with van der Waals surface area (Å²) in [7, 11) is 4.67. The molecule has 1 aromatic carbocycles. The molecule has 0 aliphatic rings. The van der Waals surface area contributed by atoms with Crippen LogP contribution in [0, 0.1) is 0 Å². The molecular weight excluding hydrogens is 182 g/mol. The van der Waals surface area contributed by atoms with Gasteiger partial charge < -0.3 is 14.2 Å². The van der Waals surface area contributed by atoms with Crippen LogP contribution >= 0.6 is 0 Å². The highest BCUT2D eigenvalue weighted by molar-refractivity contribution is 5.55. The summed E-state index contributed by atoms with van der Waals surface area (Å²) in [5, 5.41) is 0. The van der Waals surface area contributed by atoms with Gasteiger partial charge >= 0.3 is 0 Å². The standard InChI is InChI=1S/C10H14NO3/c1-12-8-5-4-7(6-11)9(13-2)10(8)14-3/h4-5,11H,6H2,1-3H3. The van der Waals surface area contributed by atoms with E-state index in [4.69, 9.17) is 19.9 Å². The quantitative estimate of drug-likeness (QED) is 0.733. The molecule has 77 valence electrons. The molecule has 0 bridgehead atoms. The molecule has 14 heavy (non-hydrogen) atoms. The van der Waals surface area contributed by atoms with Crippen LogP contribution in [0.2, 0.25) is 0 Å². The molecule has 0 heterocycles. The van der Waals surface area contributed by atoms with Gasteiger partial charge in [0.1, 0.15) is 0 Å². The van der Waals surface area contributed by atoms with E-state index in [1.807, 2.05) is 0 Å². The molecule has 1 N–H and O–H groups in total. The van der Waals surface area contributed by atoms with Crippen LogP contribution in [-0.4, -0.2) is 21.3 Å². The second-order valence-corrected chi connectivity index (χ2v) is 2.67. The average molecular weight is 196 g/mol. The summed E-state index contributed by atoms with van der Waals surface area (Å²) in [4.78, 5) is 0. The van der Waals surface area contributed by atoms with E-state index >= 15 is 0 Å². The SMILES string of the molecule is COc1ccc(C[NH])c(OC)c1OC. The normalized spacial score (nSPS) is 9.71. The number of rotatable bonds is 4. The predicted octanol–water partition coefficient (Wildman–Crippen LogP) is 1.50. The topological polar surface area (TPSA) is 51.5 Å². The zero-order valence-electron chi connectivity index (χ0n) is 8.59. The van der Waals surface area contributed by atoms with Gasteiger partial charge in [-0.05, 0) is 6.07 Å². The molecule has 1 aromatic rings. The minimum absolute atomic E-state index is 0.156. The van der Waals surface area contributed by atoms with E-state index in [-0.39, 0.29) is 6.54 Å². The fourth-order valence-electron chi connectivity index (χ4n) is 1.30. The number of methoxy groups -OCH3 is 3. The van der Waals surface area contributed by atoms with Crippen LogP contribution in [-0.2, 0) is 6.54 Å². The van der Waals surface area contributed by atoms with E-state index in [0.29, 0.717) is 17.2 Å². The highest BCUT2D eigenvalue weighted by Crippen LogP contribution is 2.39. The largest absolute Gasteiger partial charge is 0.493 e. The van der Waals surface area contributed by atoms with Crippen LogP contribution in [0.15, 0.2) is 12.1 Å². The molecule has 0 saturated heterocycles. The smallest absolute Gasteiger partial charge is 0.203 e. The van der Waals surface area contributed by atoms with Crippen LogP contribution in [0.3, 0.4) is 0 Å². The fraction of sp³-hybridized carbons (Fsp3) is 0.400. The third-order valence-electron chi connectivity index (χ3n) is 1.98. The Kier molecular flexibility index (Phi) is 3.59. The molecule has 0 unspecified atom stereocenters. The number of hydrogen-bond acceptors (Lipinski definition) is 3. The molecular formula is C10H14NO3. The van der Waals surface area contributed by atoms with Crippen molar-refractivity contribution >= 4 is 0 Å². The minimum atomic E-state index is 0.156. The van der Waals surface area contributed by atoms with Gasteiger partial charge in [-0.2, -0.15) is 0 Å². The second-order valence-electron chi connectivity index (χ2n) is 2.67. The van der Waals surface area contributed by atoms with Crippen molar-refractivity contribution in [1.82, 2.24) is 5.73 Å². The summed E-state index contributed by atoms with van der Waals surface area (Å²) >= 11 is 0. The van der Waals surface area contributed by atoms with E-state index in [2.05, 4.69) is 0 Å². The first kappa shape index (κ1) is 10.7. The maximum absolute atomic E-state index is 7.31. The van der Waals surface area contributed by atoms with Crippen molar-refractivity contribution in [2.45, 2.75) is 6.54 Å². The van der Waals surface area contributed by atoms with Crippen LogP contribution in [0.25, 0.3) is 0 Å². The van der Waals surface area contributed by atoms with Gasteiger partial charge in [-0.25, -0.2) is 0 Å². The van der Waals surface area contributed by atoms with Gasteiger partial charge in [-0.3, -0.25) is 5.73 Å². The van der Waals surface area contributed by atoms with E-state index in [9.17, 15) is 0 Å². The molecule has 0 spiro atoms. The van der Waals surface area contributed by atoms with Gasteiger partial charge in [0, 0.05) is 12.1 Å². The van der Waals surface area contributed by atoms with Crippen molar-refractivity contribution in [3.63, 3.8) is 0 Å². The molecule has 0 aromatic heterocycles. The highest BCUT2D eigenvalue weighted by atomic mass is 16.5. The lowest BCUT2D eigenvalue weighted by Crippen LogP contribution is -1.99. The molecule has 1 radical (unpaired) electrons. The first-order chi connectivity index (χ1) is 6.78. The van der Waals surface area contributed by atoms with Gasteiger partial charge in [0.25, 0.3) is 0 Å². The van der Waals surface area contributed by atoms with Crippen molar-refractivity contribution in [1.29, 1.82) is 0 Å². The highest BCUT2D eigenvalue weighted by Gasteiger charge is 2.14. The number of hydrogen-bond donors (Lipinski definition) is 0. The third kappa shape index (κ3) is 1.75. The number of benzene rings is 1. The Hall–Kier alpha value is -1.42. The summed E-state index contributed by atoms with van der Waals surface area (Å²) in [6, 6.07) is 3.57. The van der Waals surface area contributed by atoms with Crippen molar-refractivity contribution in [2.24, 2.45) is 0 Å². The predicted molar refractivity (Wildman–Crippen MR) is 52.9 cm³/mol. The van der Waals surface area contributed by atoms with Gasteiger partial charge in [-0.1, -0.05) is 6.07 Å². The lowest BCUT2D eigenvalue weighted by Gasteiger charge is -2.14. The summed E-state index contributed by atoms with van der Waals surface area (Å²) in [6.45, 7) is 0.156. The van der Waals surface area contributed by atoms with E-state index in [0.717, 1.165) is 5.56 Å². The Labute approximate surface area is 83.6 Å². The van der Waals surface area contributed by atoms with Crippen LogP contribution in [0.5, 0.6) is 17.2 Å². The molecule has 0 saturated carbocycles. The lowest BCUT2D eigenvalue weighted by atomic mass is 10.1. The van der Waals surface area contributed by atoms with Crippen LogP contribution < -0.4 is 19.9 Å². The van der Waals surface area contributed by atoms with Gasteiger partial charge in [0.15, 0.2) is 11.5 Å². The van der Waals surface area contributed by atoms with Crippen LogP contribution in [0.1, 0.15) is 5.56 Å². The minimum Gasteiger partial charge on any atom is -0.493 e. The number of nitrogens with one attached hydrogen (secondary N) is 1. The maximum atomic E-state index is 7.31. The zero-order valence-corrected chi connectivity index (χ0v) is 8.59. The molecule has 4 nitrogen and oxygen atoms in total. The fourth-order valence-corrected chi connectivity index (χ4v) is 1.30. The van der Waals surface area contributed by atoms with Crippen LogP contribution in [0.4, 0.5) is 0 Å². The Balaban J connectivity index is 3.28. The van der Waals surface area contributed by atoms with Crippen molar-refractivity contribution < 1.29 is 14.2 Å². The zero-order chi connectivity index (χ0) is 10.6. The average Bonchev–Trinajstić information content (AvgIpc) is 2.26. The third-order valence-corrected chi connectivity index (χ3v) is 1.98. The molecule has 0 aliphatic carbocycles. The summed E-state index contributed by atoms with van der Waals surface area (Å²) in [5.41, 5.74) is 8.09. The summed E-state index contributed by atoms with van der Waals surface area (Å²) in [5.74, 6) is 1.73. The first-order valence-corrected chi connectivity index (χ1v) is 4.20. The van der Waals surface area contributed by atoms with E-state index < -0.39 is 0 Å². The first-order valence-electron chi connectivity index (χ1n) is 4.20.